The highest BCUT2D eigenvalue weighted by atomic mass is 32.2. The minimum absolute atomic E-state index is 0.0518. The van der Waals surface area contributed by atoms with E-state index in [1.54, 1.807) is 0 Å². The number of hydrogen-bond donors (Lipinski definition) is 0. The van der Waals surface area contributed by atoms with Crippen LogP contribution in [0.5, 0.6) is 0 Å². The van der Waals surface area contributed by atoms with Crippen molar-refractivity contribution < 1.29 is 21.6 Å². The highest BCUT2D eigenvalue weighted by Crippen LogP contribution is 2.35. The SMILES string of the molecule is CN1CCN(C2=NCCN2S(=O)(=O)c2ccccc2C(F)(F)F)CC1. The summed E-state index contributed by atoms with van der Waals surface area (Å²) in [4.78, 5) is 7.43. The fourth-order valence-electron chi connectivity index (χ4n) is 2.96. The number of halogens is 3. The van der Waals surface area contributed by atoms with Crippen LogP contribution in [0.25, 0.3) is 0 Å². The molecule has 1 fully saturated rings. The summed E-state index contributed by atoms with van der Waals surface area (Å²) in [5.74, 6) is 0.241. The molecule has 0 saturated carbocycles. The molecule has 2 heterocycles. The predicted molar refractivity (Wildman–Crippen MR) is 86.7 cm³/mol. The van der Waals surface area contributed by atoms with Crippen LogP contribution in [0.2, 0.25) is 0 Å². The zero-order chi connectivity index (χ0) is 18.2. The predicted octanol–water partition coefficient (Wildman–Crippen LogP) is 1.31. The van der Waals surface area contributed by atoms with Gasteiger partial charge in [0.2, 0.25) is 5.96 Å². The Kier molecular flexibility index (Phi) is 4.67. The van der Waals surface area contributed by atoms with Crippen LogP contribution in [0.15, 0.2) is 34.2 Å². The van der Waals surface area contributed by atoms with Crippen molar-refractivity contribution in [2.45, 2.75) is 11.1 Å². The second-order valence-corrected chi connectivity index (χ2v) is 7.87. The summed E-state index contributed by atoms with van der Waals surface area (Å²) < 4.78 is 66.6. The number of likely N-dealkylation sites (N-methyl/N-ethyl adjacent to an activating group) is 1. The fourth-order valence-corrected chi connectivity index (χ4v) is 4.62. The molecule has 1 saturated heterocycles. The summed E-state index contributed by atoms with van der Waals surface area (Å²) in [6.45, 7) is 2.95. The normalized spacial score (nSPS) is 20.1. The summed E-state index contributed by atoms with van der Waals surface area (Å²) in [7, 11) is -2.38. The van der Waals surface area contributed by atoms with Crippen LogP contribution in [0.4, 0.5) is 13.2 Å². The standard InChI is InChI=1S/C15H19F3N4O2S/c1-20-8-10-21(11-9-20)14-19-6-7-22(14)25(23,24)13-5-3-2-4-12(13)15(16,17)18/h2-5H,6-11H2,1H3. The minimum atomic E-state index is -4.74. The quantitative estimate of drug-likeness (QED) is 0.781. The minimum Gasteiger partial charge on any atom is -0.339 e. The Morgan fingerprint density at radius 1 is 1.04 bits per heavy atom. The first-order valence-electron chi connectivity index (χ1n) is 7.88. The van der Waals surface area contributed by atoms with Crippen molar-refractivity contribution in [2.75, 3.05) is 46.3 Å². The van der Waals surface area contributed by atoms with Crippen molar-refractivity contribution in [3.05, 3.63) is 29.8 Å². The van der Waals surface area contributed by atoms with Crippen LogP contribution in [0, 0.1) is 0 Å². The molecule has 2 aliphatic rings. The summed E-state index contributed by atoms with van der Waals surface area (Å²) in [5.41, 5.74) is -1.15. The van der Waals surface area contributed by atoms with Gasteiger partial charge in [0.05, 0.1) is 23.5 Å². The van der Waals surface area contributed by atoms with E-state index in [-0.39, 0.29) is 19.0 Å². The number of benzene rings is 1. The van der Waals surface area contributed by atoms with E-state index in [1.165, 1.54) is 12.1 Å². The molecule has 6 nitrogen and oxygen atoms in total. The van der Waals surface area contributed by atoms with E-state index in [9.17, 15) is 21.6 Å². The van der Waals surface area contributed by atoms with E-state index in [1.807, 2.05) is 11.9 Å². The number of nitrogens with zero attached hydrogens (tertiary/aromatic N) is 4. The van der Waals surface area contributed by atoms with E-state index in [0.717, 1.165) is 29.5 Å². The highest BCUT2D eigenvalue weighted by molar-refractivity contribution is 7.89. The fraction of sp³-hybridized carbons (Fsp3) is 0.533. The molecule has 138 valence electrons. The molecular weight excluding hydrogens is 357 g/mol. The van der Waals surface area contributed by atoms with Crippen LogP contribution in [0.1, 0.15) is 5.56 Å². The lowest BCUT2D eigenvalue weighted by Crippen LogP contribution is -2.52. The van der Waals surface area contributed by atoms with Gasteiger partial charge >= 0.3 is 6.18 Å². The molecule has 3 rings (SSSR count). The second-order valence-electron chi connectivity index (χ2n) is 6.04. The monoisotopic (exact) mass is 376 g/mol. The Labute approximate surface area is 144 Å². The van der Waals surface area contributed by atoms with Gasteiger partial charge in [-0.2, -0.15) is 13.2 Å². The molecule has 1 aromatic rings. The molecule has 0 bridgehead atoms. The summed E-state index contributed by atoms with van der Waals surface area (Å²) in [6, 6.07) is 4.26. The van der Waals surface area contributed by atoms with Gasteiger partial charge in [-0.05, 0) is 19.2 Å². The summed E-state index contributed by atoms with van der Waals surface area (Å²) in [6.07, 6.45) is -4.74. The first-order valence-corrected chi connectivity index (χ1v) is 9.32. The van der Waals surface area contributed by atoms with Gasteiger partial charge < -0.3 is 9.80 Å². The number of hydrogen-bond acceptors (Lipinski definition) is 5. The molecule has 0 amide bonds. The Balaban J connectivity index is 1.94. The van der Waals surface area contributed by atoms with Gasteiger partial charge in [-0.3, -0.25) is 4.99 Å². The van der Waals surface area contributed by atoms with Gasteiger partial charge in [0, 0.05) is 26.2 Å². The molecule has 10 heteroatoms. The number of guanidine groups is 1. The average molecular weight is 376 g/mol. The van der Waals surface area contributed by atoms with Gasteiger partial charge in [0.15, 0.2) is 0 Å². The molecule has 0 radical (unpaired) electrons. The molecule has 1 aromatic carbocycles. The van der Waals surface area contributed by atoms with Crippen LogP contribution < -0.4 is 0 Å². The molecule has 0 N–H and O–H groups in total. The number of rotatable bonds is 2. The molecule has 0 unspecified atom stereocenters. The van der Waals surface area contributed by atoms with Gasteiger partial charge in [0.25, 0.3) is 10.0 Å². The number of aliphatic imine (C=N–C) groups is 1. The Morgan fingerprint density at radius 2 is 1.68 bits per heavy atom. The van der Waals surface area contributed by atoms with Crippen LogP contribution >= 0.6 is 0 Å². The van der Waals surface area contributed by atoms with Crippen LogP contribution in [-0.2, 0) is 16.2 Å². The third-order valence-corrected chi connectivity index (χ3v) is 6.16. The Bertz CT molecular complexity index is 771. The maximum absolute atomic E-state index is 13.2. The van der Waals surface area contributed by atoms with Crippen molar-refractivity contribution in [1.29, 1.82) is 0 Å². The molecule has 0 atom stereocenters. The molecule has 0 aliphatic carbocycles. The lowest BCUT2D eigenvalue weighted by atomic mass is 10.2. The maximum atomic E-state index is 13.2. The van der Waals surface area contributed by atoms with Crippen molar-refractivity contribution in [3.63, 3.8) is 0 Å². The van der Waals surface area contributed by atoms with E-state index < -0.39 is 26.7 Å². The maximum Gasteiger partial charge on any atom is 0.417 e. The number of sulfonamides is 1. The van der Waals surface area contributed by atoms with Crippen LogP contribution in [0.3, 0.4) is 0 Å². The smallest absolute Gasteiger partial charge is 0.339 e. The topological polar surface area (TPSA) is 56.2 Å². The third-order valence-electron chi connectivity index (χ3n) is 4.33. The third kappa shape index (κ3) is 3.45. The Hall–Kier alpha value is -1.81. The first-order chi connectivity index (χ1) is 11.7. The van der Waals surface area contributed by atoms with Crippen molar-refractivity contribution in [1.82, 2.24) is 14.1 Å². The van der Waals surface area contributed by atoms with Crippen molar-refractivity contribution >= 4 is 16.0 Å². The van der Waals surface area contributed by atoms with E-state index >= 15 is 0 Å². The van der Waals surface area contributed by atoms with Gasteiger partial charge in [-0.1, -0.05) is 12.1 Å². The van der Waals surface area contributed by atoms with Gasteiger partial charge in [-0.15, -0.1) is 0 Å². The van der Waals surface area contributed by atoms with Gasteiger partial charge in [-0.25, -0.2) is 12.7 Å². The lowest BCUT2D eigenvalue weighted by Gasteiger charge is -2.36. The zero-order valence-corrected chi connectivity index (χ0v) is 14.5. The second kappa shape index (κ2) is 6.49. The van der Waals surface area contributed by atoms with Crippen molar-refractivity contribution in [3.8, 4) is 0 Å². The van der Waals surface area contributed by atoms with Crippen LogP contribution in [-0.4, -0.2) is 74.8 Å². The molecule has 2 aliphatic heterocycles. The first kappa shape index (κ1) is 18.0. The molecule has 0 spiro atoms. The van der Waals surface area contributed by atoms with Crippen molar-refractivity contribution in [2.24, 2.45) is 4.99 Å². The Morgan fingerprint density at radius 3 is 2.32 bits per heavy atom. The lowest BCUT2D eigenvalue weighted by molar-refractivity contribution is -0.139. The van der Waals surface area contributed by atoms with E-state index in [4.69, 9.17) is 0 Å². The highest BCUT2D eigenvalue weighted by Gasteiger charge is 2.41. The van der Waals surface area contributed by atoms with E-state index in [2.05, 4.69) is 9.89 Å². The molecular formula is C15H19F3N4O2S. The average Bonchev–Trinajstić information content (AvgIpc) is 3.05. The molecule has 25 heavy (non-hydrogen) atoms. The van der Waals surface area contributed by atoms with Gasteiger partial charge in [0.1, 0.15) is 0 Å². The van der Waals surface area contributed by atoms with E-state index in [0.29, 0.717) is 13.1 Å². The molecule has 0 aromatic heterocycles. The zero-order valence-electron chi connectivity index (χ0n) is 13.7. The summed E-state index contributed by atoms with van der Waals surface area (Å²) >= 11 is 0. The largest absolute Gasteiger partial charge is 0.417 e. The number of piperazine rings is 1. The summed E-state index contributed by atoms with van der Waals surface area (Å²) in [5, 5.41) is 0. The number of alkyl halides is 3.